The molecule has 0 saturated heterocycles. The summed E-state index contributed by atoms with van der Waals surface area (Å²) in [5.41, 5.74) is 2.01. The van der Waals surface area contributed by atoms with Crippen molar-refractivity contribution < 1.29 is 4.42 Å². The van der Waals surface area contributed by atoms with Gasteiger partial charge in [-0.25, -0.2) is 0 Å². The highest BCUT2D eigenvalue weighted by Gasteiger charge is 2.20. The van der Waals surface area contributed by atoms with Crippen molar-refractivity contribution in [2.24, 2.45) is 0 Å². The van der Waals surface area contributed by atoms with Gasteiger partial charge < -0.3 is 9.73 Å². The lowest BCUT2D eigenvalue weighted by molar-refractivity contribution is 0.493. The fourth-order valence-electron chi connectivity index (χ4n) is 2.48. The van der Waals surface area contributed by atoms with Crippen LogP contribution in [0.5, 0.6) is 0 Å². The second-order valence-corrected chi connectivity index (χ2v) is 6.37. The molecule has 1 saturated carbocycles. The van der Waals surface area contributed by atoms with E-state index in [4.69, 9.17) is 4.42 Å². The Kier molecular flexibility index (Phi) is 3.28. The molecule has 0 spiro atoms. The number of hydrogen-bond donors (Lipinski definition) is 1. The van der Waals surface area contributed by atoms with E-state index in [9.17, 15) is 0 Å². The van der Waals surface area contributed by atoms with E-state index >= 15 is 0 Å². The van der Waals surface area contributed by atoms with E-state index in [0.717, 1.165) is 39.0 Å². The van der Waals surface area contributed by atoms with Crippen LogP contribution in [0.15, 0.2) is 51.5 Å². The van der Waals surface area contributed by atoms with Crippen molar-refractivity contribution in [2.45, 2.75) is 25.4 Å². The Morgan fingerprint density at radius 3 is 3.00 bits per heavy atom. The summed E-state index contributed by atoms with van der Waals surface area (Å²) in [7, 11) is 0. The van der Waals surface area contributed by atoms with Crippen molar-refractivity contribution in [3.8, 4) is 11.3 Å². The highest BCUT2D eigenvalue weighted by Crippen LogP contribution is 2.30. The number of hydrogen-bond acceptors (Lipinski definition) is 3. The largest absolute Gasteiger partial charge is 0.460 e. The summed E-state index contributed by atoms with van der Waals surface area (Å²) >= 11 is 3.46. The Bertz CT molecular complexity index is 792. The molecule has 0 radical (unpaired) electrons. The first kappa shape index (κ1) is 13.0. The zero-order valence-electron chi connectivity index (χ0n) is 11.5. The standard InChI is InChI=1S/C17H15BrN2O/c18-12-8-11-2-1-3-15(17(11)20-9-12)16-7-6-14(21-16)10-19-13-4-5-13/h1-3,6-9,13,19H,4-5,10H2. The van der Waals surface area contributed by atoms with Crippen LogP contribution < -0.4 is 5.32 Å². The molecule has 3 aromatic rings. The second-order valence-electron chi connectivity index (χ2n) is 5.45. The van der Waals surface area contributed by atoms with E-state index < -0.39 is 0 Å². The van der Waals surface area contributed by atoms with E-state index in [2.05, 4.69) is 44.4 Å². The van der Waals surface area contributed by atoms with Crippen molar-refractivity contribution in [3.05, 3.63) is 52.8 Å². The summed E-state index contributed by atoms with van der Waals surface area (Å²) in [5.74, 6) is 1.86. The number of rotatable bonds is 4. The van der Waals surface area contributed by atoms with Gasteiger partial charge in [-0.15, -0.1) is 0 Å². The van der Waals surface area contributed by atoms with E-state index in [-0.39, 0.29) is 0 Å². The van der Waals surface area contributed by atoms with Gasteiger partial charge in [0.1, 0.15) is 11.5 Å². The molecule has 3 nitrogen and oxygen atoms in total. The van der Waals surface area contributed by atoms with Crippen molar-refractivity contribution in [3.63, 3.8) is 0 Å². The van der Waals surface area contributed by atoms with Gasteiger partial charge in [0.25, 0.3) is 0 Å². The molecule has 0 aliphatic heterocycles. The van der Waals surface area contributed by atoms with Gasteiger partial charge in [0.2, 0.25) is 0 Å². The molecule has 0 atom stereocenters. The molecule has 4 heteroatoms. The first-order chi connectivity index (χ1) is 10.3. The van der Waals surface area contributed by atoms with Crippen molar-refractivity contribution in [1.29, 1.82) is 0 Å². The number of pyridine rings is 1. The Hall–Kier alpha value is -1.65. The van der Waals surface area contributed by atoms with Crippen LogP contribution in [0.3, 0.4) is 0 Å². The van der Waals surface area contributed by atoms with Gasteiger partial charge in [-0.2, -0.15) is 0 Å². The minimum Gasteiger partial charge on any atom is -0.460 e. The highest BCUT2D eigenvalue weighted by molar-refractivity contribution is 9.10. The summed E-state index contributed by atoms with van der Waals surface area (Å²) in [6, 6.07) is 13.0. The molecular formula is C17H15BrN2O. The number of benzene rings is 1. The summed E-state index contributed by atoms with van der Waals surface area (Å²) in [4.78, 5) is 4.53. The maximum Gasteiger partial charge on any atom is 0.136 e. The molecule has 4 rings (SSSR count). The zero-order chi connectivity index (χ0) is 14.2. The summed E-state index contributed by atoms with van der Waals surface area (Å²) < 4.78 is 6.96. The molecule has 2 heterocycles. The molecule has 0 unspecified atom stereocenters. The number of aromatic nitrogens is 1. The average molecular weight is 343 g/mol. The molecule has 1 fully saturated rings. The van der Waals surface area contributed by atoms with E-state index in [1.807, 2.05) is 24.4 Å². The third-order valence-corrected chi connectivity index (χ3v) is 4.18. The number of fused-ring (bicyclic) bond motifs is 1. The fraction of sp³-hybridized carbons (Fsp3) is 0.235. The number of nitrogens with one attached hydrogen (secondary N) is 1. The SMILES string of the molecule is Brc1cnc2c(-c3ccc(CNC4CC4)o3)cccc2c1. The number of para-hydroxylation sites is 1. The van der Waals surface area contributed by atoms with Gasteiger partial charge >= 0.3 is 0 Å². The molecule has 1 aliphatic rings. The lowest BCUT2D eigenvalue weighted by Gasteiger charge is -2.04. The van der Waals surface area contributed by atoms with Gasteiger partial charge in [-0.05, 0) is 53.0 Å². The third-order valence-electron chi connectivity index (χ3n) is 3.75. The first-order valence-corrected chi connectivity index (χ1v) is 7.96. The Morgan fingerprint density at radius 2 is 2.14 bits per heavy atom. The topological polar surface area (TPSA) is 38.1 Å². The minimum atomic E-state index is 0.690. The molecule has 0 amide bonds. The van der Waals surface area contributed by atoms with Gasteiger partial charge in [-0.3, -0.25) is 4.98 Å². The Balaban J connectivity index is 1.68. The molecule has 1 N–H and O–H groups in total. The summed E-state index contributed by atoms with van der Waals surface area (Å²) in [6.07, 6.45) is 4.40. The van der Waals surface area contributed by atoms with Gasteiger partial charge in [0.05, 0.1) is 12.1 Å². The quantitative estimate of drug-likeness (QED) is 0.757. The van der Waals surface area contributed by atoms with Crippen LogP contribution in [0, 0.1) is 0 Å². The number of halogens is 1. The minimum absolute atomic E-state index is 0.690. The number of furan rings is 1. The fourth-order valence-corrected chi connectivity index (χ4v) is 2.83. The van der Waals surface area contributed by atoms with Gasteiger partial charge in [-0.1, -0.05) is 12.1 Å². The highest BCUT2D eigenvalue weighted by atomic mass is 79.9. The Morgan fingerprint density at radius 1 is 1.24 bits per heavy atom. The van der Waals surface area contributed by atoms with Gasteiger partial charge in [0, 0.05) is 27.7 Å². The van der Waals surface area contributed by atoms with Crippen molar-refractivity contribution >= 4 is 26.8 Å². The van der Waals surface area contributed by atoms with Crippen LogP contribution in [0.1, 0.15) is 18.6 Å². The second kappa shape index (κ2) is 5.28. The van der Waals surface area contributed by atoms with E-state index in [0.29, 0.717) is 6.04 Å². The third kappa shape index (κ3) is 2.74. The van der Waals surface area contributed by atoms with Crippen LogP contribution >= 0.6 is 15.9 Å². The molecule has 21 heavy (non-hydrogen) atoms. The van der Waals surface area contributed by atoms with Crippen LogP contribution in [0.4, 0.5) is 0 Å². The maximum absolute atomic E-state index is 5.97. The zero-order valence-corrected chi connectivity index (χ0v) is 13.1. The molecular weight excluding hydrogens is 328 g/mol. The van der Waals surface area contributed by atoms with Crippen molar-refractivity contribution in [2.75, 3.05) is 0 Å². The molecule has 2 aromatic heterocycles. The molecule has 1 aliphatic carbocycles. The van der Waals surface area contributed by atoms with E-state index in [1.54, 1.807) is 0 Å². The van der Waals surface area contributed by atoms with Gasteiger partial charge in [0.15, 0.2) is 0 Å². The van der Waals surface area contributed by atoms with Crippen molar-refractivity contribution in [1.82, 2.24) is 10.3 Å². The van der Waals surface area contributed by atoms with Crippen LogP contribution in [-0.2, 0) is 6.54 Å². The van der Waals surface area contributed by atoms with E-state index in [1.165, 1.54) is 12.8 Å². The monoisotopic (exact) mass is 342 g/mol. The lowest BCUT2D eigenvalue weighted by atomic mass is 10.1. The lowest BCUT2D eigenvalue weighted by Crippen LogP contribution is -2.14. The first-order valence-electron chi connectivity index (χ1n) is 7.16. The summed E-state index contributed by atoms with van der Waals surface area (Å²) in [6.45, 7) is 0.800. The molecule has 106 valence electrons. The predicted octanol–water partition coefficient (Wildman–Crippen LogP) is 4.51. The smallest absolute Gasteiger partial charge is 0.136 e. The maximum atomic E-state index is 5.97. The average Bonchev–Trinajstić information content (AvgIpc) is 3.21. The van der Waals surface area contributed by atoms with Crippen LogP contribution in [0.25, 0.3) is 22.2 Å². The normalized spacial score (nSPS) is 14.7. The predicted molar refractivity (Wildman–Crippen MR) is 87.0 cm³/mol. The molecule has 1 aromatic carbocycles. The Labute approximate surface area is 131 Å². The summed E-state index contributed by atoms with van der Waals surface area (Å²) in [5, 5.41) is 4.57. The number of nitrogens with zero attached hydrogens (tertiary/aromatic N) is 1. The van der Waals surface area contributed by atoms with Crippen LogP contribution in [-0.4, -0.2) is 11.0 Å². The molecule has 0 bridgehead atoms. The van der Waals surface area contributed by atoms with Crippen LogP contribution in [0.2, 0.25) is 0 Å².